The predicted molar refractivity (Wildman–Crippen MR) is 63.1 cm³/mol. The van der Waals surface area contributed by atoms with Gasteiger partial charge in [0.25, 0.3) is 0 Å². The van der Waals surface area contributed by atoms with Gasteiger partial charge in [-0.15, -0.1) is 0 Å². The molecule has 0 radical (unpaired) electrons. The number of amides is 2. The van der Waals surface area contributed by atoms with Crippen LogP contribution >= 0.6 is 0 Å². The van der Waals surface area contributed by atoms with E-state index in [2.05, 4.69) is 0 Å². The fourth-order valence-electron chi connectivity index (χ4n) is 2.84. The van der Waals surface area contributed by atoms with Crippen LogP contribution in [-0.2, 0) is 9.59 Å². The molecule has 1 saturated carbocycles. The van der Waals surface area contributed by atoms with Crippen LogP contribution in [0.1, 0.15) is 46.0 Å². The second kappa shape index (κ2) is 4.41. The highest BCUT2D eigenvalue weighted by atomic mass is 16.3. The zero-order chi connectivity index (χ0) is 12.6. The normalized spacial score (nSPS) is 32.5. The Hall–Kier alpha value is -0.900. The van der Waals surface area contributed by atoms with E-state index >= 15 is 0 Å². The van der Waals surface area contributed by atoms with Gasteiger partial charge >= 0.3 is 0 Å². The van der Waals surface area contributed by atoms with Crippen LogP contribution in [0.2, 0.25) is 0 Å². The molecule has 17 heavy (non-hydrogen) atoms. The highest BCUT2D eigenvalue weighted by Crippen LogP contribution is 2.38. The van der Waals surface area contributed by atoms with Crippen molar-refractivity contribution in [2.45, 2.75) is 51.6 Å². The number of hydrogen-bond donors (Lipinski definition) is 1. The fraction of sp³-hybridized carbons (Fsp3) is 0.846. The minimum absolute atomic E-state index is 0.0616. The number of carbonyl (C=O) groups excluding carboxylic acids is 2. The Kier molecular flexibility index (Phi) is 3.25. The highest BCUT2D eigenvalue weighted by Gasteiger charge is 2.49. The van der Waals surface area contributed by atoms with E-state index in [1.165, 1.54) is 4.90 Å². The summed E-state index contributed by atoms with van der Waals surface area (Å²) in [5.41, 5.74) is -0.960. The summed E-state index contributed by atoms with van der Waals surface area (Å²) in [6, 6.07) is 0. The number of rotatable bonds is 3. The second-order valence-corrected chi connectivity index (χ2v) is 5.61. The van der Waals surface area contributed by atoms with Gasteiger partial charge in [0, 0.05) is 0 Å². The Labute approximate surface area is 102 Å². The van der Waals surface area contributed by atoms with E-state index in [4.69, 9.17) is 0 Å². The molecule has 0 aromatic carbocycles. The van der Waals surface area contributed by atoms with Crippen LogP contribution in [0.4, 0.5) is 0 Å². The summed E-state index contributed by atoms with van der Waals surface area (Å²) in [5.74, 6) is -0.338. The molecule has 4 heteroatoms. The van der Waals surface area contributed by atoms with E-state index in [9.17, 15) is 14.7 Å². The van der Waals surface area contributed by atoms with Gasteiger partial charge in [0.2, 0.25) is 11.8 Å². The number of aliphatic hydroxyl groups is 1. The quantitative estimate of drug-likeness (QED) is 0.756. The average Bonchev–Trinajstić information content (AvgIpc) is 2.55. The van der Waals surface area contributed by atoms with Gasteiger partial charge in [-0.25, -0.2) is 0 Å². The van der Waals surface area contributed by atoms with Crippen molar-refractivity contribution in [3.63, 3.8) is 0 Å². The smallest absolute Gasteiger partial charge is 0.233 e. The van der Waals surface area contributed by atoms with Gasteiger partial charge in [0.05, 0.1) is 24.0 Å². The molecule has 1 aliphatic carbocycles. The molecule has 2 rings (SSSR count). The van der Waals surface area contributed by atoms with Crippen LogP contribution < -0.4 is 0 Å². The van der Waals surface area contributed by atoms with Gasteiger partial charge in [0.15, 0.2) is 0 Å². The van der Waals surface area contributed by atoms with Gasteiger partial charge in [-0.2, -0.15) is 0 Å². The van der Waals surface area contributed by atoms with Gasteiger partial charge < -0.3 is 5.11 Å². The molecule has 3 unspecified atom stereocenters. The molecule has 96 valence electrons. The standard InChI is InChI=1S/C13H21NO3/c1-3-13(2,17)8-14-11(15)9-6-4-5-7-10(9)12(14)16/h9-10,17H,3-8H2,1-2H3. The van der Waals surface area contributed by atoms with E-state index in [-0.39, 0.29) is 30.2 Å². The summed E-state index contributed by atoms with van der Waals surface area (Å²) in [6.45, 7) is 3.68. The molecular formula is C13H21NO3. The number of hydrogen-bond acceptors (Lipinski definition) is 3. The summed E-state index contributed by atoms with van der Waals surface area (Å²) in [5, 5.41) is 10.0. The van der Waals surface area contributed by atoms with Crippen LogP contribution in [-0.4, -0.2) is 34.0 Å². The minimum atomic E-state index is -0.960. The third-order valence-corrected chi connectivity index (χ3v) is 4.19. The number of nitrogens with zero attached hydrogens (tertiary/aromatic N) is 1. The predicted octanol–water partition coefficient (Wildman–Crippen LogP) is 1.32. The molecule has 0 aromatic rings. The summed E-state index contributed by atoms with van der Waals surface area (Å²) >= 11 is 0. The molecule has 0 aromatic heterocycles. The largest absolute Gasteiger partial charge is 0.388 e. The lowest BCUT2D eigenvalue weighted by Crippen LogP contribution is -2.43. The van der Waals surface area contributed by atoms with E-state index < -0.39 is 5.60 Å². The monoisotopic (exact) mass is 239 g/mol. The highest BCUT2D eigenvalue weighted by molar-refractivity contribution is 6.05. The van der Waals surface area contributed by atoms with E-state index in [1.54, 1.807) is 6.92 Å². The maximum absolute atomic E-state index is 12.1. The van der Waals surface area contributed by atoms with Crippen molar-refractivity contribution in [2.24, 2.45) is 11.8 Å². The first kappa shape index (κ1) is 12.6. The van der Waals surface area contributed by atoms with Gasteiger partial charge in [-0.1, -0.05) is 19.8 Å². The molecule has 2 fully saturated rings. The zero-order valence-electron chi connectivity index (χ0n) is 10.6. The van der Waals surface area contributed by atoms with Gasteiger partial charge in [-0.3, -0.25) is 14.5 Å². The molecule has 1 heterocycles. The Morgan fingerprint density at radius 1 is 1.24 bits per heavy atom. The fourth-order valence-corrected chi connectivity index (χ4v) is 2.84. The van der Waals surface area contributed by atoms with Crippen molar-refractivity contribution in [1.29, 1.82) is 0 Å². The number of imide groups is 1. The first-order valence-corrected chi connectivity index (χ1v) is 6.54. The lowest BCUT2D eigenvalue weighted by molar-refractivity contribution is -0.143. The summed E-state index contributed by atoms with van der Waals surface area (Å²) in [4.78, 5) is 25.6. The van der Waals surface area contributed by atoms with Crippen molar-refractivity contribution < 1.29 is 14.7 Å². The number of carbonyl (C=O) groups is 2. The summed E-state index contributed by atoms with van der Waals surface area (Å²) in [7, 11) is 0. The van der Waals surface area contributed by atoms with E-state index in [0.717, 1.165) is 25.7 Å². The molecule has 0 bridgehead atoms. The van der Waals surface area contributed by atoms with Crippen LogP contribution in [0, 0.1) is 11.8 Å². The number of β-amino-alcohol motifs (C(OH)–C–C–N with tert-alkyl or cyclic N) is 1. The number of fused-ring (bicyclic) bond motifs is 1. The number of likely N-dealkylation sites (tertiary alicyclic amines) is 1. The molecule has 1 saturated heterocycles. The van der Waals surface area contributed by atoms with Gasteiger partial charge in [-0.05, 0) is 26.2 Å². The summed E-state index contributed by atoms with van der Waals surface area (Å²) in [6.07, 6.45) is 4.29. The van der Waals surface area contributed by atoms with E-state index in [1.807, 2.05) is 6.92 Å². The van der Waals surface area contributed by atoms with Crippen LogP contribution in [0.25, 0.3) is 0 Å². The second-order valence-electron chi connectivity index (χ2n) is 5.61. The molecule has 2 amide bonds. The molecule has 0 spiro atoms. The topological polar surface area (TPSA) is 57.6 Å². The molecule has 2 aliphatic rings. The van der Waals surface area contributed by atoms with Crippen molar-refractivity contribution in [3.05, 3.63) is 0 Å². The Morgan fingerprint density at radius 3 is 2.12 bits per heavy atom. The van der Waals surface area contributed by atoms with Crippen molar-refractivity contribution in [2.75, 3.05) is 6.54 Å². The lowest BCUT2D eigenvalue weighted by Gasteiger charge is -2.26. The Morgan fingerprint density at radius 2 is 1.71 bits per heavy atom. The van der Waals surface area contributed by atoms with Gasteiger partial charge in [0.1, 0.15) is 0 Å². The van der Waals surface area contributed by atoms with Crippen molar-refractivity contribution in [3.8, 4) is 0 Å². The third kappa shape index (κ3) is 2.23. The SMILES string of the molecule is CCC(C)(O)CN1C(=O)C2CCCCC2C1=O. The van der Waals surface area contributed by atoms with Crippen molar-refractivity contribution >= 4 is 11.8 Å². The molecular weight excluding hydrogens is 218 g/mol. The van der Waals surface area contributed by atoms with Crippen LogP contribution in [0.5, 0.6) is 0 Å². The maximum Gasteiger partial charge on any atom is 0.233 e. The van der Waals surface area contributed by atoms with E-state index in [0.29, 0.717) is 6.42 Å². The minimum Gasteiger partial charge on any atom is -0.388 e. The average molecular weight is 239 g/mol. The zero-order valence-corrected chi connectivity index (χ0v) is 10.6. The maximum atomic E-state index is 12.1. The first-order valence-electron chi connectivity index (χ1n) is 6.54. The Bertz CT molecular complexity index is 314. The summed E-state index contributed by atoms with van der Waals surface area (Å²) < 4.78 is 0. The molecule has 3 atom stereocenters. The Balaban J connectivity index is 2.13. The molecule has 1 aliphatic heterocycles. The molecule has 1 N–H and O–H groups in total. The van der Waals surface area contributed by atoms with Crippen LogP contribution in [0.3, 0.4) is 0 Å². The van der Waals surface area contributed by atoms with Crippen molar-refractivity contribution in [1.82, 2.24) is 4.90 Å². The van der Waals surface area contributed by atoms with Crippen LogP contribution in [0.15, 0.2) is 0 Å². The first-order chi connectivity index (χ1) is 7.96. The molecule has 4 nitrogen and oxygen atoms in total. The third-order valence-electron chi connectivity index (χ3n) is 4.19. The lowest BCUT2D eigenvalue weighted by atomic mass is 9.81.